The molecule has 0 bridgehead atoms. The van der Waals surface area contributed by atoms with E-state index in [0.29, 0.717) is 11.6 Å². The van der Waals surface area contributed by atoms with Crippen LogP contribution in [0.2, 0.25) is 0 Å². The van der Waals surface area contributed by atoms with Crippen LogP contribution in [0.25, 0.3) is 10.6 Å². The number of thiazole rings is 2. The smallest absolute Gasteiger partial charge is 0.225 e. The second-order valence-electron chi connectivity index (χ2n) is 5.45. The van der Waals surface area contributed by atoms with Crippen LogP contribution in [0.15, 0.2) is 29.6 Å². The largest absolute Gasteiger partial charge is 0.496 e. The van der Waals surface area contributed by atoms with Gasteiger partial charge in [-0.25, -0.2) is 9.97 Å². The van der Waals surface area contributed by atoms with Crippen molar-refractivity contribution in [3.63, 3.8) is 0 Å². The fourth-order valence-corrected chi connectivity index (χ4v) is 4.23. The molecular weight excluding hydrogens is 354 g/mol. The fourth-order valence-electron chi connectivity index (χ4n) is 2.40. The molecular formula is C18H19N3O2S2. The number of aromatic nitrogens is 2. The van der Waals surface area contributed by atoms with Gasteiger partial charge in [-0.05, 0) is 13.0 Å². The van der Waals surface area contributed by atoms with Gasteiger partial charge in [-0.2, -0.15) is 0 Å². The van der Waals surface area contributed by atoms with E-state index in [1.807, 2.05) is 37.4 Å². The molecule has 0 saturated heterocycles. The number of carbonyl (C=O) groups is 1. The van der Waals surface area contributed by atoms with E-state index in [9.17, 15) is 4.79 Å². The molecule has 0 aliphatic carbocycles. The minimum absolute atomic E-state index is 0.0320. The third-order valence-corrected chi connectivity index (χ3v) is 5.63. The summed E-state index contributed by atoms with van der Waals surface area (Å²) >= 11 is 3.08. The van der Waals surface area contributed by atoms with Gasteiger partial charge in [0.2, 0.25) is 5.91 Å². The predicted molar refractivity (Wildman–Crippen MR) is 103 cm³/mol. The summed E-state index contributed by atoms with van der Waals surface area (Å²) in [5.74, 6) is 0.841. The number of hydrogen-bond donors (Lipinski definition) is 1. The van der Waals surface area contributed by atoms with E-state index in [2.05, 4.69) is 16.4 Å². The summed E-state index contributed by atoms with van der Waals surface area (Å²) in [5, 5.41) is 6.49. The lowest BCUT2D eigenvalue weighted by Crippen LogP contribution is -2.08. The van der Waals surface area contributed by atoms with Crippen LogP contribution in [0, 0.1) is 6.92 Å². The lowest BCUT2D eigenvalue weighted by Gasteiger charge is -2.05. The van der Waals surface area contributed by atoms with Gasteiger partial charge in [-0.3, -0.25) is 4.79 Å². The number of benzene rings is 1. The van der Waals surface area contributed by atoms with Crippen molar-refractivity contribution in [3.8, 4) is 16.3 Å². The Labute approximate surface area is 154 Å². The highest BCUT2D eigenvalue weighted by Crippen LogP contribution is 2.34. The Morgan fingerprint density at radius 2 is 2.08 bits per heavy atom. The maximum Gasteiger partial charge on any atom is 0.225 e. The first kappa shape index (κ1) is 17.6. The Bertz CT molecular complexity index is 886. The van der Waals surface area contributed by atoms with E-state index in [0.717, 1.165) is 39.0 Å². The van der Waals surface area contributed by atoms with E-state index < -0.39 is 0 Å². The Morgan fingerprint density at radius 1 is 1.28 bits per heavy atom. The third-order valence-electron chi connectivity index (χ3n) is 3.68. The number of anilines is 1. The second-order valence-corrected chi connectivity index (χ2v) is 7.39. The van der Waals surface area contributed by atoms with Gasteiger partial charge in [0.15, 0.2) is 5.13 Å². The van der Waals surface area contributed by atoms with E-state index in [4.69, 9.17) is 9.72 Å². The van der Waals surface area contributed by atoms with Crippen LogP contribution in [0.3, 0.4) is 0 Å². The van der Waals surface area contributed by atoms with Crippen LogP contribution >= 0.6 is 22.7 Å². The molecule has 0 fully saturated rings. The summed E-state index contributed by atoms with van der Waals surface area (Å²) in [6.45, 7) is 3.76. The Morgan fingerprint density at radius 3 is 2.84 bits per heavy atom. The normalized spacial score (nSPS) is 10.7. The molecule has 2 heterocycles. The first-order valence-electron chi connectivity index (χ1n) is 7.94. The van der Waals surface area contributed by atoms with Crippen LogP contribution in [0.4, 0.5) is 5.13 Å². The number of hydrogen-bond acceptors (Lipinski definition) is 6. The van der Waals surface area contributed by atoms with E-state index >= 15 is 0 Å². The second kappa shape index (κ2) is 7.76. The van der Waals surface area contributed by atoms with Gasteiger partial charge in [0.05, 0.1) is 28.4 Å². The SMILES string of the molecule is CCC(=O)Nc1nc(C)c(-c2csc(Cc3ccccc3OC)n2)s1. The predicted octanol–water partition coefficient (Wildman–Crippen LogP) is 4.52. The fraction of sp³-hybridized carbons (Fsp3) is 0.278. The monoisotopic (exact) mass is 373 g/mol. The number of nitrogens with one attached hydrogen (secondary N) is 1. The molecule has 0 aliphatic heterocycles. The third kappa shape index (κ3) is 4.05. The molecule has 1 aromatic carbocycles. The molecule has 1 amide bonds. The molecule has 0 unspecified atom stereocenters. The van der Waals surface area contributed by atoms with Crippen molar-refractivity contribution in [3.05, 3.63) is 45.9 Å². The topological polar surface area (TPSA) is 64.1 Å². The van der Waals surface area contributed by atoms with Gasteiger partial charge in [0.1, 0.15) is 5.75 Å². The molecule has 5 nitrogen and oxygen atoms in total. The van der Waals surface area contributed by atoms with E-state index in [-0.39, 0.29) is 5.91 Å². The quantitative estimate of drug-likeness (QED) is 0.690. The summed E-state index contributed by atoms with van der Waals surface area (Å²) < 4.78 is 5.41. The maximum absolute atomic E-state index is 11.5. The summed E-state index contributed by atoms with van der Waals surface area (Å²) in [6, 6.07) is 7.97. The number of ether oxygens (including phenoxy) is 1. The average molecular weight is 374 g/mol. The summed E-state index contributed by atoms with van der Waals surface area (Å²) in [7, 11) is 1.68. The van der Waals surface area contributed by atoms with E-state index in [1.165, 1.54) is 11.3 Å². The molecule has 2 aromatic heterocycles. The summed E-state index contributed by atoms with van der Waals surface area (Å²) in [4.78, 5) is 21.7. The van der Waals surface area contributed by atoms with Crippen molar-refractivity contribution in [1.29, 1.82) is 0 Å². The standard InChI is InChI=1S/C18H19N3O2S2/c1-4-15(22)21-18-19-11(2)17(25-18)13-10-24-16(20-13)9-12-7-5-6-8-14(12)23-3/h5-8,10H,4,9H2,1-3H3,(H,19,21,22). The highest BCUT2D eigenvalue weighted by atomic mass is 32.1. The maximum atomic E-state index is 11.5. The van der Waals surface area contributed by atoms with Gasteiger partial charge in [-0.1, -0.05) is 36.5 Å². The molecule has 0 radical (unpaired) electrons. The van der Waals surface area contributed by atoms with E-state index in [1.54, 1.807) is 18.4 Å². The number of amides is 1. The number of rotatable bonds is 6. The molecule has 0 spiro atoms. The van der Waals surface area contributed by atoms with Crippen LogP contribution < -0.4 is 10.1 Å². The molecule has 7 heteroatoms. The number of methoxy groups -OCH3 is 1. The number of nitrogens with zero attached hydrogens (tertiary/aromatic N) is 2. The van der Waals surface area contributed by atoms with Crippen molar-refractivity contribution in [1.82, 2.24) is 9.97 Å². The minimum atomic E-state index is -0.0320. The first-order valence-corrected chi connectivity index (χ1v) is 9.64. The highest BCUT2D eigenvalue weighted by Gasteiger charge is 2.15. The molecule has 0 atom stereocenters. The van der Waals surface area contributed by atoms with Gasteiger partial charge < -0.3 is 10.1 Å². The number of carbonyl (C=O) groups excluding carboxylic acids is 1. The minimum Gasteiger partial charge on any atom is -0.496 e. The van der Waals surface area contributed by atoms with Gasteiger partial charge >= 0.3 is 0 Å². The Hall–Kier alpha value is -2.25. The molecule has 0 saturated carbocycles. The molecule has 1 N–H and O–H groups in total. The highest BCUT2D eigenvalue weighted by molar-refractivity contribution is 7.19. The summed E-state index contributed by atoms with van der Waals surface area (Å²) in [6.07, 6.45) is 1.17. The molecule has 3 aromatic rings. The molecule has 3 rings (SSSR count). The average Bonchev–Trinajstić information content (AvgIpc) is 3.21. The lowest BCUT2D eigenvalue weighted by atomic mass is 10.1. The zero-order valence-electron chi connectivity index (χ0n) is 14.3. The number of para-hydroxylation sites is 1. The van der Waals surface area contributed by atoms with Crippen molar-refractivity contribution in [2.45, 2.75) is 26.7 Å². The lowest BCUT2D eigenvalue weighted by molar-refractivity contribution is -0.115. The first-order chi connectivity index (χ1) is 12.1. The van der Waals surface area contributed by atoms with Crippen LogP contribution in [-0.4, -0.2) is 23.0 Å². The van der Waals surface area contributed by atoms with Crippen molar-refractivity contribution < 1.29 is 9.53 Å². The molecule has 25 heavy (non-hydrogen) atoms. The van der Waals surface area contributed by atoms with Crippen LogP contribution in [0.5, 0.6) is 5.75 Å². The van der Waals surface area contributed by atoms with Crippen LogP contribution in [0.1, 0.15) is 29.6 Å². The van der Waals surface area contributed by atoms with Gasteiger partial charge in [0, 0.05) is 23.8 Å². The molecule has 0 aliphatic rings. The zero-order chi connectivity index (χ0) is 17.8. The van der Waals surface area contributed by atoms with Crippen LogP contribution in [-0.2, 0) is 11.2 Å². The van der Waals surface area contributed by atoms with Gasteiger partial charge in [-0.15, -0.1) is 11.3 Å². The van der Waals surface area contributed by atoms with Crippen molar-refractivity contribution in [2.75, 3.05) is 12.4 Å². The summed E-state index contributed by atoms with van der Waals surface area (Å²) in [5.41, 5.74) is 2.90. The van der Waals surface area contributed by atoms with Crippen molar-refractivity contribution in [2.24, 2.45) is 0 Å². The Kier molecular flexibility index (Phi) is 5.45. The van der Waals surface area contributed by atoms with Crippen molar-refractivity contribution >= 4 is 33.7 Å². The Balaban J connectivity index is 1.81. The zero-order valence-corrected chi connectivity index (χ0v) is 16.0. The van der Waals surface area contributed by atoms with Gasteiger partial charge in [0.25, 0.3) is 0 Å². The number of aryl methyl sites for hydroxylation is 1. The molecule has 130 valence electrons.